The van der Waals surface area contributed by atoms with Gasteiger partial charge < -0.3 is 30.6 Å². The Morgan fingerprint density at radius 2 is 1.59 bits per heavy atom. The molecule has 0 fully saturated rings. The van der Waals surface area contributed by atoms with Gasteiger partial charge in [-0.25, -0.2) is 20.2 Å². The van der Waals surface area contributed by atoms with Gasteiger partial charge in [-0.05, 0) is 48.6 Å². The fourth-order valence-corrected chi connectivity index (χ4v) is 5.46. The predicted molar refractivity (Wildman–Crippen MR) is 193 cm³/mol. The van der Waals surface area contributed by atoms with Gasteiger partial charge in [-0.3, -0.25) is 14.4 Å². The maximum Gasteiger partial charge on any atom is 0.426 e. The van der Waals surface area contributed by atoms with E-state index in [2.05, 4.69) is 26.0 Å². The minimum atomic E-state index is -1.42. The molecule has 0 aliphatic heterocycles. The molecule has 13 heteroatoms. The number of nitrogens with zero attached hydrogens (tertiary/aromatic N) is 2. The quantitative estimate of drug-likeness (QED) is 0.0958. The first-order valence-electron chi connectivity index (χ1n) is 17.7. The van der Waals surface area contributed by atoms with Gasteiger partial charge in [-0.1, -0.05) is 94.8 Å². The van der Waals surface area contributed by atoms with Crippen LogP contribution in [0.25, 0.3) is 0 Å². The summed E-state index contributed by atoms with van der Waals surface area (Å²) in [5.41, 5.74) is 4.73. The summed E-state index contributed by atoms with van der Waals surface area (Å²) in [4.78, 5) is 62.1. The predicted octanol–water partition coefficient (Wildman–Crippen LogP) is 3.82. The minimum Gasteiger partial charge on any atom is -0.443 e. The standard InChI is InChI=1S/C38H54N6O7/c1-5-27(4)31(23-45)41-37(49)35(33(46)20-19-26(2)3)42-36(48)32(21-30-22-39-25-40-30)44(34(47)18-12-17-28-13-8-6-9-14-28)43-38(50)51-24-29-15-10-7-11-16-29/h6-11,13-16,22,25-27,31-33,35,45-46H,5,12,17-21,23-24H2,1-4H3,(H,39,40)(H,41,49)(H,42,48)(H,43,50)/t27-,31+,32-,33-,35-/m0/s1. The van der Waals surface area contributed by atoms with Crippen molar-refractivity contribution in [1.29, 1.82) is 0 Å². The molecule has 278 valence electrons. The summed E-state index contributed by atoms with van der Waals surface area (Å²) in [5.74, 6) is -1.88. The number of imidazole rings is 1. The van der Waals surface area contributed by atoms with Crippen molar-refractivity contribution in [3.8, 4) is 0 Å². The highest BCUT2D eigenvalue weighted by Crippen LogP contribution is 2.16. The van der Waals surface area contributed by atoms with Crippen molar-refractivity contribution in [1.82, 2.24) is 31.0 Å². The van der Waals surface area contributed by atoms with Gasteiger partial charge >= 0.3 is 6.09 Å². The van der Waals surface area contributed by atoms with E-state index in [1.54, 1.807) is 24.3 Å². The van der Waals surface area contributed by atoms with Gasteiger partial charge in [0, 0.05) is 24.7 Å². The Morgan fingerprint density at radius 1 is 0.922 bits per heavy atom. The third-order valence-electron chi connectivity index (χ3n) is 8.83. The SMILES string of the molecule is CC[C@H](C)[C@@H](CO)NC(=O)[C@@H](NC(=O)[C@H](Cc1cnc[nH]1)N(NC(=O)OCc1ccccc1)C(=O)CCCc1ccccc1)[C@@H](O)CCC(C)C. The van der Waals surface area contributed by atoms with Gasteiger partial charge in [0.2, 0.25) is 17.7 Å². The Bertz CT molecular complexity index is 1470. The van der Waals surface area contributed by atoms with Gasteiger partial charge in [-0.2, -0.15) is 0 Å². The van der Waals surface area contributed by atoms with Crippen LogP contribution in [0.4, 0.5) is 4.79 Å². The van der Waals surface area contributed by atoms with Gasteiger partial charge in [0.05, 0.1) is 25.1 Å². The number of nitrogens with one attached hydrogen (secondary N) is 4. The average molecular weight is 707 g/mol. The lowest BCUT2D eigenvalue weighted by Gasteiger charge is -2.33. The van der Waals surface area contributed by atoms with E-state index in [4.69, 9.17) is 4.74 Å². The second-order valence-electron chi connectivity index (χ2n) is 13.3. The smallest absolute Gasteiger partial charge is 0.426 e. The number of aliphatic hydroxyl groups is 2. The zero-order valence-corrected chi connectivity index (χ0v) is 30.1. The molecule has 0 unspecified atom stereocenters. The van der Waals surface area contributed by atoms with E-state index in [1.165, 1.54) is 12.5 Å². The summed E-state index contributed by atoms with van der Waals surface area (Å²) in [7, 11) is 0. The van der Waals surface area contributed by atoms with E-state index < -0.39 is 48.0 Å². The molecular formula is C38H54N6O7. The Balaban J connectivity index is 1.92. The van der Waals surface area contributed by atoms with E-state index in [0.717, 1.165) is 16.1 Å². The van der Waals surface area contributed by atoms with Crippen LogP contribution >= 0.6 is 0 Å². The Hall–Kier alpha value is -4.75. The van der Waals surface area contributed by atoms with Gasteiger partial charge in [-0.15, -0.1) is 0 Å². The highest BCUT2D eigenvalue weighted by molar-refractivity contribution is 5.93. The van der Waals surface area contributed by atoms with Crippen LogP contribution in [-0.4, -0.2) is 79.8 Å². The summed E-state index contributed by atoms with van der Waals surface area (Å²) in [5, 5.41) is 27.7. The number of ether oxygens (including phenoxy) is 1. The van der Waals surface area contributed by atoms with E-state index in [-0.39, 0.29) is 44.3 Å². The number of carbonyl (C=O) groups excluding carboxylic acids is 4. The Morgan fingerprint density at radius 3 is 2.18 bits per heavy atom. The molecular weight excluding hydrogens is 652 g/mol. The number of rotatable bonds is 20. The number of carbonyl (C=O) groups is 4. The lowest BCUT2D eigenvalue weighted by Crippen LogP contribution is -2.63. The largest absolute Gasteiger partial charge is 0.443 e. The maximum absolute atomic E-state index is 14.3. The summed E-state index contributed by atoms with van der Waals surface area (Å²) >= 11 is 0. The maximum atomic E-state index is 14.3. The van der Waals surface area contributed by atoms with Crippen molar-refractivity contribution < 1.29 is 34.1 Å². The van der Waals surface area contributed by atoms with Crippen LogP contribution < -0.4 is 16.1 Å². The zero-order chi connectivity index (χ0) is 37.2. The number of aryl methyl sites for hydroxylation is 1. The van der Waals surface area contributed by atoms with Crippen LogP contribution in [0.3, 0.4) is 0 Å². The first-order valence-corrected chi connectivity index (χ1v) is 17.7. The van der Waals surface area contributed by atoms with Crippen molar-refractivity contribution in [2.75, 3.05) is 6.61 Å². The zero-order valence-electron chi connectivity index (χ0n) is 30.1. The molecule has 51 heavy (non-hydrogen) atoms. The third kappa shape index (κ3) is 13.8. The van der Waals surface area contributed by atoms with E-state index >= 15 is 0 Å². The van der Waals surface area contributed by atoms with E-state index in [9.17, 15) is 29.4 Å². The summed E-state index contributed by atoms with van der Waals surface area (Å²) in [6.07, 6.45) is 3.03. The molecule has 0 spiro atoms. The normalized spacial score (nSPS) is 14.1. The van der Waals surface area contributed by atoms with Crippen molar-refractivity contribution in [2.45, 2.75) is 103 Å². The second-order valence-corrected chi connectivity index (χ2v) is 13.3. The molecule has 0 aliphatic carbocycles. The topological polar surface area (TPSA) is 186 Å². The minimum absolute atomic E-state index is 0.0192. The van der Waals surface area contributed by atoms with Gasteiger partial charge in [0.1, 0.15) is 18.7 Å². The van der Waals surface area contributed by atoms with Crippen LogP contribution in [-0.2, 0) is 38.6 Å². The molecule has 3 rings (SSSR count). The molecule has 1 heterocycles. The van der Waals surface area contributed by atoms with Gasteiger partial charge in [0.15, 0.2) is 0 Å². The highest BCUT2D eigenvalue weighted by Gasteiger charge is 2.37. The Kier molecular flexibility index (Phi) is 17.1. The summed E-state index contributed by atoms with van der Waals surface area (Å²) in [6, 6.07) is 15.2. The molecule has 2 aromatic carbocycles. The van der Waals surface area contributed by atoms with Crippen LogP contribution in [0.2, 0.25) is 0 Å². The Labute approximate surface area is 300 Å². The molecule has 0 aliphatic rings. The van der Waals surface area contributed by atoms with Crippen LogP contribution in [0, 0.1) is 11.8 Å². The summed E-state index contributed by atoms with van der Waals surface area (Å²) in [6.45, 7) is 7.37. The fourth-order valence-electron chi connectivity index (χ4n) is 5.46. The molecule has 5 atom stereocenters. The van der Waals surface area contributed by atoms with Crippen LogP contribution in [0.15, 0.2) is 73.2 Å². The third-order valence-corrected chi connectivity index (χ3v) is 8.83. The molecule has 0 bridgehead atoms. The van der Waals surface area contributed by atoms with Crippen molar-refractivity contribution in [3.05, 3.63) is 90.0 Å². The number of hydrazine groups is 1. The lowest BCUT2D eigenvalue weighted by molar-refractivity contribution is -0.145. The first-order chi connectivity index (χ1) is 24.5. The molecule has 6 N–H and O–H groups in total. The number of aromatic nitrogens is 2. The highest BCUT2D eigenvalue weighted by atomic mass is 16.6. The van der Waals surface area contributed by atoms with Crippen LogP contribution in [0.5, 0.6) is 0 Å². The number of hydrogen-bond donors (Lipinski definition) is 6. The average Bonchev–Trinajstić information content (AvgIpc) is 3.66. The number of aliphatic hydroxyl groups excluding tert-OH is 2. The monoisotopic (exact) mass is 706 g/mol. The van der Waals surface area contributed by atoms with E-state index in [0.29, 0.717) is 31.4 Å². The van der Waals surface area contributed by atoms with Crippen molar-refractivity contribution in [3.63, 3.8) is 0 Å². The number of H-pyrrole nitrogens is 1. The molecule has 0 saturated carbocycles. The van der Waals surface area contributed by atoms with Gasteiger partial charge in [0.25, 0.3) is 0 Å². The molecule has 0 saturated heterocycles. The molecule has 4 amide bonds. The lowest BCUT2D eigenvalue weighted by atomic mass is 9.96. The number of benzene rings is 2. The molecule has 1 aromatic heterocycles. The molecule has 13 nitrogen and oxygen atoms in total. The molecule has 3 aromatic rings. The van der Waals surface area contributed by atoms with E-state index in [1.807, 2.05) is 64.1 Å². The molecule has 0 radical (unpaired) electrons. The van der Waals surface area contributed by atoms with Crippen molar-refractivity contribution >= 4 is 23.8 Å². The van der Waals surface area contributed by atoms with Crippen LogP contribution in [0.1, 0.15) is 76.6 Å². The number of amides is 4. The number of aromatic amines is 1. The second kappa shape index (κ2) is 21.5. The number of hydrogen-bond acceptors (Lipinski definition) is 8. The fraction of sp³-hybridized carbons (Fsp3) is 0.500. The first kappa shape index (κ1) is 40.7. The van der Waals surface area contributed by atoms with Crippen molar-refractivity contribution in [2.24, 2.45) is 11.8 Å². The summed E-state index contributed by atoms with van der Waals surface area (Å²) < 4.78 is 5.43.